The highest BCUT2D eigenvalue weighted by molar-refractivity contribution is 6.35. The van der Waals surface area contributed by atoms with E-state index in [0.717, 1.165) is 61.0 Å². The van der Waals surface area contributed by atoms with Crippen LogP contribution in [0.25, 0.3) is 32.8 Å². The van der Waals surface area contributed by atoms with Gasteiger partial charge >= 0.3 is 5.97 Å². The van der Waals surface area contributed by atoms with E-state index in [1.807, 2.05) is 72.2 Å². The Morgan fingerprint density at radius 2 is 1.88 bits per heavy atom. The lowest BCUT2D eigenvalue weighted by Gasteiger charge is -2.18. The van der Waals surface area contributed by atoms with Crippen molar-refractivity contribution >= 4 is 39.2 Å². The van der Waals surface area contributed by atoms with E-state index < -0.39 is 12.1 Å². The number of carbonyl (C=O) groups excluding carboxylic acids is 1. The van der Waals surface area contributed by atoms with E-state index in [1.54, 1.807) is 6.07 Å². The average molecular weight is 728 g/mol. The van der Waals surface area contributed by atoms with E-state index in [9.17, 15) is 14.3 Å². The maximum atomic E-state index is 14.4. The fourth-order valence-electron chi connectivity index (χ4n) is 7.56. The second kappa shape index (κ2) is 14.7. The van der Waals surface area contributed by atoms with Crippen LogP contribution in [0.4, 0.5) is 4.39 Å². The van der Waals surface area contributed by atoms with Crippen LogP contribution in [0.15, 0.2) is 48.5 Å². The number of aryl methyl sites for hydroxylation is 6. The average Bonchev–Trinajstić information content (AvgIpc) is 3.73. The number of aromatic nitrogens is 5. The molecule has 1 N–H and O–H groups in total. The lowest BCUT2D eigenvalue weighted by Crippen LogP contribution is -2.13. The number of ether oxygens (including phenoxy) is 3. The van der Waals surface area contributed by atoms with Crippen LogP contribution in [0.5, 0.6) is 5.75 Å². The van der Waals surface area contributed by atoms with Gasteiger partial charge in [-0.05, 0) is 105 Å². The van der Waals surface area contributed by atoms with Crippen molar-refractivity contribution in [2.45, 2.75) is 65.2 Å². The van der Waals surface area contributed by atoms with Crippen LogP contribution in [0.2, 0.25) is 5.02 Å². The second-order valence-electron chi connectivity index (χ2n) is 13.5. The highest BCUT2D eigenvalue weighted by Crippen LogP contribution is 2.45. The van der Waals surface area contributed by atoms with Crippen molar-refractivity contribution in [3.63, 3.8) is 0 Å². The molecule has 1 aliphatic heterocycles. The monoisotopic (exact) mass is 727 g/mol. The van der Waals surface area contributed by atoms with Gasteiger partial charge in [0.05, 0.1) is 31.7 Å². The van der Waals surface area contributed by atoms with Crippen LogP contribution in [-0.4, -0.2) is 55.5 Å². The molecule has 0 saturated heterocycles. The molecule has 0 amide bonds. The molecule has 7 rings (SSSR count). The number of hydrogen-bond donors (Lipinski definition) is 1. The van der Waals surface area contributed by atoms with Crippen LogP contribution in [0.3, 0.4) is 0 Å². The molecule has 3 aromatic carbocycles. The van der Waals surface area contributed by atoms with E-state index in [2.05, 4.69) is 0 Å². The summed E-state index contributed by atoms with van der Waals surface area (Å²) in [6, 6.07) is 14.6. The minimum atomic E-state index is -0.482. The molecule has 272 valence electrons. The molecule has 0 fully saturated rings. The van der Waals surface area contributed by atoms with Gasteiger partial charge < -0.3 is 23.9 Å². The van der Waals surface area contributed by atoms with Gasteiger partial charge in [0.15, 0.2) is 0 Å². The summed E-state index contributed by atoms with van der Waals surface area (Å²) in [5.74, 6) is -0.0745. The van der Waals surface area contributed by atoms with Gasteiger partial charge in [0.25, 0.3) is 0 Å². The van der Waals surface area contributed by atoms with Crippen LogP contribution >= 0.6 is 11.6 Å². The SMILES string of the molecule is COC(=O)c1c(C)c2c3c(Cl)ccc2n1CCCOc1cc(cc2cc(F)ccc12)CCc1cc(nn1C)COC(CCCO)c1nn(C)c(C)c1-3. The molecule has 52 heavy (non-hydrogen) atoms. The second-order valence-corrected chi connectivity index (χ2v) is 13.9. The van der Waals surface area contributed by atoms with Gasteiger partial charge in [-0.2, -0.15) is 10.2 Å². The number of aliphatic hydroxyl groups excluding tert-OH is 1. The maximum absolute atomic E-state index is 14.4. The number of nitrogens with zero attached hydrogens (tertiary/aromatic N) is 5. The number of aliphatic hydroxyl groups is 1. The molecule has 0 saturated carbocycles. The molecule has 0 radical (unpaired) electrons. The van der Waals surface area contributed by atoms with E-state index in [4.69, 9.17) is 36.0 Å². The minimum absolute atomic E-state index is 0.00235. The first-order chi connectivity index (χ1) is 25.1. The van der Waals surface area contributed by atoms with E-state index >= 15 is 0 Å². The Labute approximate surface area is 306 Å². The third kappa shape index (κ3) is 6.57. The number of halogens is 2. The van der Waals surface area contributed by atoms with E-state index in [1.165, 1.54) is 19.2 Å². The van der Waals surface area contributed by atoms with E-state index in [0.29, 0.717) is 67.4 Å². The number of esters is 1. The third-order valence-corrected chi connectivity index (χ3v) is 10.5. The summed E-state index contributed by atoms with van der Waals surface area (Å²) in [7, 11) is 5.19. The summed E-state index contributed by atoms with van der Waals surface area (Å²) < 4.78 is 38.4. The van der Waals surface area contributed by atoms with Gasteiger partial charge in [-0.1, -0.05) is 17.7 Å². The van der Waals surface area contributed by atoms with Crippen molar-refractivity contribution in [1.29, 1.82) is 0 Å². The summed E-state index contributed by atoms with van der Waals surface area (Å²) in [6.07, 6.45) is 2.51. The molecule has 3 aromatic heterocycles. The summed E-state index contributed by atoms with van der Waals surface area (Å²) in [5, 5.41) is 22.6. The molecule has 4 heterocycles. The van der Waals surface area contributed by atoms with Crippen molar-refractivity contribution < 1.29 is 28.5 Å². The fraction of sp³-hybridized carbons (Fsp3) is 0.375. The number of methoxy groups -OCH3 is 1. The Bertz CT molecular complexity index is 2310. The largest absolute Gasteiger partial charge is 0.493 e. The molecule has 1 atom stereocenters. The summed E-state index contributed by atoms with van der Waals surface area (Å²) in [5.41, 5.74) is 8.01. The van der Waals surface area contributed by atoms with Gasteiger partial charge in [-0.3, -0.25) is 9.36 Å². The number of benzene rings is 3. The van der Waals surface area contributed by atoms with Crippen LogP contribution in [0.1, 0.15) is 69.8 Å². The normalized spacial score (nSPS) is 15.4. The predicted molar refractivity (Wildman–Crippen MR) is 198 cm³/mol. The van der Waals surface area contributed by atoms with Crippen molar-refractivity contribution in [2.75, 3.05) is 20.3 Å². The molecule has 0 aliphatic carbocycles. The molecule has 12 heteroatoms. The maximum Gasteiger partial charge on any atom is 0.354 e. The Morgan fingerprint density at radius 3 is 2.67 bits per heavy atom. The lowest BCUT2D eigenvalue weighted by atomic mass is 9.94. The van der Waals surface area contributed by atoms with Gasteiger partial charge in [0, 0.05) is 71.1 Å². The molecule has 10 nitrogen and oxygen atoms in total. The lowest BCUT2D eigenvalue weighted by molar-refractivity contribution is 0.0249. The van der Waals surface area contributed by atoms with Crippen molar-refractivity contribution in [3.8, 4) is 16.9 Å². The third-order valence-electron chi connectivity index (χ3n) is 10.2. The van der Waals surface area contributed by atoms with Crippen LogP contribution < -0.4 is 4.74 Å². The van der Waals surface area contributed by atoms with Crippen LogP contribution in [-0.2, 0) is 49.6 Å². The standard InChI is InChI=1S/C40H43ClFN5O5/c1-23-35-32-14-13-31(41)37(35)36-24(2)45(3)44-38(36)33(8-6-16-48)52-22-28-21-29(46(4)43-28)11-9-25-18-26-20-27(42)10-12-30(26)34(19-25)51-17-7-15-47(32)39(23)40(49)50-5/h10,12-14,18-21,33,48H,6-9,11,15-17,22H2,1-5H3. The zero-order valence-electron chi connectivity index (χ0n) is 30.1. The van der Waals surface area contributed by atoms with Gasteiger partial charge in [-0.15, -0.1) is 0 Å². The molecule has 6 aromatic rings. The Morgan fingerprint density at radius 1 is 1.06 bits per heavy atom. The number of rotatable bonds is 4. The first-order valence-electron chi connectivity index (χ1n) is 17.6. The van der Waals surface area contributed by atoms with Gasteiger partial charge in [0.2, 0.25) is 0 Å². The van der Waals surface area contributed by atoms with Gasteiger partial charge in [-0.25, -0.2) is 9.18 Å². The highest BCUT2D eigenvalue weighted by Gasteiger charge is 2.30. The number of hydrogen-bond acceptors (Lipinski definition) is 7. The van der Waals surface area contributed by atoms with Crippen molar-refractivity contribution in [1.82, 2.24) is 24.1 Å². The summed E-state index contributed by atoms with van der Waals surface area (Å²) in [4.78, 5) is 13.4. The summed E-state index contributed by atoms with van der Waals surface area (Å²) >= 11 is 7.11. The molecule has 1 unspecified atom stereocenters. The van der Waals surface area contributed by atoms with Gasteiger partial charge in [0.1, 0.15) is 23.4 Å². The summed E-state index contributed by atoms with van der Waals surface area (Å²) in [6.45, 7) is 4.96. The smallest absolute Gasteiger partial charge is 0.354 e. The minimum Gasteiger partial charge on any atom is -0.493 e. The van der Waals surface area contributed by atoms with Crippen LogP contribution in [0, 0.1) is 19.7 Å². The quantitative estimate of drug-likeness (QED) is 0.186. The fourth-order valence-corrected chi connectivity index (χ4v) is 7.81. The molecule has 0 spiro atoms. The number of carbonyl (C=O) groups is 1. The molecule has 8 bridgehead atoms. The zero-order chi connectivity index (χ0) is 36.7. The predicted octanol–water partition coefficient (Wildman–Crippen LogP) is 7.72. The Balaban J connectivity index is 1.40. The zero-order valence-corrected chi connectivity index (χ0v) is 30.9. The van der Waals surface area contributed by atoms with Crippen molar-refractivity contribution in [3.05, 3.63) is 99.0 Å². The molecular weight excluding hydrogens is 685 g/mol. The molecule has 1 aliphatic rings. The molecular formula is C40H43ClFN5O5. The Hall–Kier alpha value is -4.71. The number of fused-ring (bicyclic) bond motifs is 8. The topological polar surface area (TPSA) is 106 Å². The Kier molecular flexibility index (Phi) is 10.1. The first kappa shape index (κ1) is 35.7. The first-order valence-corrected chi connectivity index (χ1v) is 18.0. The van der Waals surface area contributed by atoms with Crippen molar-refractivity contribution in [2.24, 2.45) is 14.1 Å². The van der Waals surface area contributed by atoms with E-state index in [-0.39, 0.29) is 19.0 Å². The highest BCUT2D eigenvalue weighted by atomic mass is 35.5.